The van der Waals surface area contributed by atoms with Gasteiger partial charge < -0.3 is 20.5 Å². The van der Waals surface area contributed by atoms with E-state index in [1.54, 1.807) is 24.1 Å². The summed E-state index contributed by atoms with van der Waals surface area (Å²) in [5, 5.41) is 8.94. The largest absolute Gasteiger partial charge is 0.399 e. The summed E-state index contributed by atoms with van der Waals surface area (Å²) in [6.07, 6.45) is 0.310. The molecular weight excluding hydrogens is 232 g/mol. The Hall–Kier alpha value is -1.59. The number of carbonyl (C=O) groups excluding carboxylic acids is 1. The molecule has 0 aliphatic heterocycles. The standard InChI is InChI=1S/C13H20N2O3/c1-18-9-7-15(6-8-16)13(17)10-11-2-4-12(14)5-3-11/h2-5,16H,6-10,14H2,1H3. The summed E-state index contributed by atoms with van der Waals surface area (Å²) >= 11 is 0. The number of hydrogen-bond donors (Lipinski definition) is 2. The van der Waals surface area contributed by atoms with Gasteiger partial charge in [-0.05, 0) is 17.7 Å². The lowest BCUT2D eigenvalue weighted by molar-refractivity contribution is -0.131. The van der Waals surface area contributed by atoms with Crippen LogP contribution in [0.1, 0.15) is 5.56 Å². The third-order valence-electron chi connectivity index (χ3n) is 2.62. The molecule has 0 aliphatic carbocycles. The van der Waals surface area contributed by atoms with Gasteiger partial charge in [-0.25, -0.2) is 0 Å². The first-order valence-corrected chi connectivity index (χ1v) is 5.89. The van der Waals surface area contributed by atoms with E-state index < -0.39 is 0 Å². The fraction of sp³-hybridized carbons (Fsp3) is 0.462. The maximum Gasteiger partial charge on any atom is 0.227 e. The molecule has 1 rings (SSSR count). The molecule has 0 aromatic heterocycles. The van der Waals surface area contributed by atoms with E-state index in [0.717, 1.165) is 5.56 Å². The first kappa shape index (κ1) is 14.5. The van der Waals surface area contributed by atoms with E-state index in [9.17, 15) is 4.79 Å². The van der Waals surface area contributed by atoms with Gasteiger partial charge in [-0.2, -0.15) is 0 Å². The SMILES string of the molecule is COCCN(CCO)C(=O)Cc1ccc(N)cc1. The lowest BCUT2D eigenvalue weighted by atomic mass is 10.1. The maximum atomic E-state index is 12.0. The van der Waals surface area contributed by atoms with Gasteiger partial charge in [-0.3, -0.25) is 4.79 Å². The molecule has 0 radical (unpaired) electrons. The Balaban J connectivity index is 2.57. The van der Waals surface area contributed by atoms with Gasteiger partial charge in [0.15, 0.2) is 0 Å². The summed E-state index contributed by atoms with van der Waals surface area (Å²) < 4.78 is 4.94. The van der Waals surface area contributed by atoms with Crippen LogP contribution in [0, 0.1) is 0 Å². The molecule has 5 nitrogen and oxygen atoms in total. The zero-order valence-electron chi connectivity index (χ0n) is 10.6. The lowest BCUT2D eigenvalue weighted by Crippen LogP contribution is -2.37. The number of rotatable bonds is 7. The molecule has 0 spiro atoms. The number of methoxy groups -OCH3 is 1. The monoisotopic (exact) mass is 252 g/mol. The highest BCUT2D eigenvalue weighted by molar-refractivity contribution is 5.78. The lowest BCUT2D eigenvalue weighted by Gasteiger charge is -2.21. The minimum Gasteiger partial charge on any atom is -0.399 e. The summed E-state index contributed by atoms with van der Waals surface area (Å²) in [5.41, 5.74) is 7.18. The number of ether oxygens (including phenoxy) is 1. The van der Waals surface area contributed by atoms with Crippen LogP contribution in [-0.2, 0) is 16.0 Å². The van der Waals surface area contributed by atoms with Crippen LogP contribution < -0.4 is 5.73 Å². The summed E-state index contributed by atoms with van der Waals surface area (Å²) in [4.78, 5) is 13.6. The minimum absolute atomic E-state index is 0.0223. The van der Waals surface area contributed by atoms with Crippen LogP contribution in [0.25, 0.3) is 0 Å². The van der Waals surface area contributed by atoms with Gasteiger partial charge in [-0.15, -0.1) is 0 Å². The number of nitrogen functional groups attached to an aromatic ring is 1. The summed E-state index contributed by atoms with van der Waals surface area (Å²) in [6, 6.07) is 7.21. The van der Waals surface area contributed by atoms with Crippen molar-refractivity contribution in [3.63, 3.8) is 0 Å². The van der Waals surface area contributed by atoms with Crippen LogP contribution in [-0.4, -0.2) is 49.3 Å². The molecule has 0 saturated heterocycles. The van der Waals surface area contributed by atoms with Crippen molar-refractivity contribution in [2.45, 2.75) is 6.42 Å². The number of aliphatic hydroxyl groups is 1. The van der Waals surface area contributed by atoms with E-state index in [1.165, 1.54) is 0 Å². The van der Waals surface area contributed by atoms with Crippen LogP contribution >= 0.6 is 0 Å². The molecular formula is C13H20N2O3. The molecule has 0 unspecified atom stereocenters. The number of aliphatic hydroxyl groups excluding tert-OH is 1. The van der Waals surface area contributed by atoms with Crippen molar-refractivity contribution < 1.29 is 14.6 Å². The van der Waals surface area contributed by atoms with Crippen molar-refractivity contribution in [3.05, 3.63) is 29.8 Å². The number of nitrogens with two attached hydrogens (primary N) is 1. The molecule has 0 aliphatic rings. The van der Waals surface area contributed by atoms with Gasteiger partial charge in [0.25, 0.3) is 0 Å². The van der Waals surface area contributed by atoms with Gasteiger partial charge in [0, 0.05) is 25.9 Å². The third kappa shape index (κ3) is 4.73. The smallest absolute Gasteiger partial charge is 0.227 e. The van der Waals surface area contributed by atoms with Crippen molar-refractivity contribution in [2.24, 2.45) is 0 Å². The highest BCUT2D eigenvalue weighted by Crippen LogP contribution is 2.07. The molecule has 5 heteroatoms. The van der Waals surface area contributed by atoms with Crippen molar-refractivity contribution in [2.75, 3.05) is 39.1 Å². The Bertz CT molecular complexity index is 365. The van der Waals surface area contributed by atoms with Gasteiger partial charge in [0.2, 0.25) is 5.91 Å². The normalized spacial score (nSPS) is 10.3. The maximum absolute atomic E-state index is 12.0. The number of benzene rings is 1. The van der Waals surface area contributed by atoms with Crippen molar-refractivity contribution >= 4 is 11.6 Å². The molecule has 1 aromatic rings. The number of nitrogens with zero attached hydrogens (tertiary/aromatic N) is 1. The van der Waals surface area contributed by atoms with Crippen LogP contribution in [0.4, 0.5) is 5.69 Å². The van der Waals surface area contributed by atoms with Crippen molar-refractivity contribution in [3.8, 4) is 0 Å². The minimum atomic E-state index is -0.0445. The Morgan fingerprint density at radius 2 is 2.00 bits per heavy atom. The molecule has 0 bridgehead atoms. The predicted octanol–water partition coefficient (Wildman–Crippen LogP) is 0.279. The first-order valence-electron chi connectivity index (χ1n) is 5.89. The molecule has 0 fully saturated rings. The van der Waals surface area contributed by atoms with E-state index in [1.807, 2.05) is 12.1 Å². The van der Waals surface area contributed by atoms with E-state index in [0.29, 0.717) is 31.8 Å². The van der Waals surface area contributed by atoms with E-state index in [2.05, 4.69) is 0 Å². The topological polar surface area (TPSA) is 75.8 Å². The average Bonchev–Trinajstić information content (AvgIpc) is 2.37. The second kappa shape index (κ2) is 7.68. The molecule has 1 amide bonds. The van der Waals surface area contributed by atoms with Crippen LogP contribution in [0.3, 0.4) is 0 Å². The highest BCUT2D eigenvalue weighted by Gasteiger charge is 2.13. The Labute approximate surface area is 107 Å². The molecule has 18 heavy (non-hydrogen) atoms. The molecule has 0 atom stereocenters. The number of amides is 1. The average molecular weight is 252 g/mol. The van der Waals surface area contributed by atoms with Gasteiger partial charge >= 0.3 is 0 Å². The third-order valence-corrected chi connectivity index (χ3v) is 2.62. The first-order chi connectivity index (χ1) is 8.67. The zero-order valence-corrected chi connectivity index (χ0v) is 10.6. The summed E-state index contributed by atoms with van der Waals surface area (Å²) in [5.74, 6) is -0.0223. The Morgan fingerprint density at radius 1 is 1.33 bits per heavy atom. The Kier molecular flexibility index (Phi) is 6.18. The predicted molar refractivity (Wildman–Crippen MR) is 70.1 cm³/mol. The Morgan fingerprint density at radius 3 is 2.56 bits per heavy atom. The fourth-order valence-electron chi connectivity index (χ4n) is 1.61. The van der Waals surface area contributed by atoms with Gasteiger partial charge in [0.1, 0.15) is 0 Å². The summed E-state index contributed by atoms with van der Waals surface area (Å²) in [6.45, 7) is 1.24. The van der Waals surface area contributed by atoms with Crippen LogP contribution in [0.15, 0.2) is 24.3 Å². The van der Waals surface area contributed by atoms with Crippen LogP contribution in [0.2, 0.25) is 0 Å². The second-order valence-electron chi connectivity index (χ2n) is 4.02. The summed E-state index contributed by atoms with van der Waals surface area (Å²) in [7, 11) is 1.58. The number of anilines is 1. The molecule has 1 aromatic carbocycles. The van der Waals surface area contributed by atoms with Gasteiger partial charge in [0.05, 0.1) is 19.6 Å². The molecule has 0 saturated carbocycles. The fourth-order valence-corrected chi connectivity index (χ4v) is 1.61. The molecule has 0 heterocycles. The van der Waals surface area contributed by atoms with E-state index in [4.69, 9.17) is 15.6 Å². The van der Waals surface area contributed by atoms with Gasteiger partial charge in [-0.1, -0.05) is 12.1 Å². The second-order valence-corrected chi connectivity index (χ2v) is 4.02. The molecule has 100 valence electrons. The zero-order chi connectivity index (χ0) is 13.4. The number of carbonyl (C=O) groups is 1. The van der Waals surface area contributed by atoms with Crippen molar-refractivity contribution in [1.29, 1.82) is 0 Å². The van der Waals surface area contributed by atoms with E-state index in [-0.39, 0.29) is 12.5 Å². The molecule has 3 N–H and O–H groups in total. The highest BCUT2D eigenvalue weighted by atomic mass is 16.5. The van der Waals surface area contributed by atoms with Crippen molar-refractivity contribution in [1.82, 2.24) is 4.90 Å². The van der Waals surface area contributed by atoms with E-state index >= 15 is 0 Å². The van der Waals surface area contributed by atoms with Crippen LogP contribution in [0.5, 0.6) is 0 Å². The quantitative estimate of drug-likeness (QED) is 0.683. The number of hydrogen-bond acceptors (Lipinski definition) is 4.